The quantitative estimate of drug-likeness (QED) is 0.542. The van der Waals surface area contributed by atoms with Crippen LogP contribution in [-0.2, 0) is 20.9 Å². The highest BCUT2D eigenvalue weighted by molar-refractivity contribution is 5.80. The molecular formula is C12H21N5O3. The molecule has 8 heteroatoms. The van der Waals surface area contributed by atoms with Crippen molar-refractivity contribution in [2.24, 2.45) is 0 Å². The molecule has 0 aliphatic rings. The summed E-state index contributed by atoms with van der Waals surface area (Å²) in [5.74, 6) is 1.65. The third-order valence-electron chi connectivity index (χ3n) is 2.36. The van der Waals surface area contributed by atoms with E-state index in [2.05, 4.69) is 25.9 Å². The van der Waals surface area contributed by atoms with E-state index in [1.807, 2.05) is 0 Å². The van der Waals surface area contributed by atoms with Gasteiger partial charge in [0.05, 0.1) is 13.2 Å². The first-order valence-corrected chi connectivity index (χ1v) is 6.23. The predicted octanol–water partition coefficient (Wildman–Crippen LogP) is -0.161. The Labute approximate surface area is 118 Å². The maximum Gasteiger partial charge on any atom is 0.239 e. The monoisotopic (exact) mass is 283 g/mol. The molecule has 0 radical (unpaired) electrons. The first kappa shape index (κ1) is 16.1. The number of nitrogens with zero attached hydrogens (tertiary/aromatic N) is 2. The Kier molecular flexibility index (Phi) is 7.30. The molecule has 0 aliphatic heterocycles. The van der Waals surface area contributed by atoms with Crippen molar-refractivity contribution in [3.63, 3.8) is 0 Å². The highest BCUT2D eigenvalue weighted by atomic mass is 16.5. The van der Waals surface area contributed by atoms with Crippen molar-refractivity contribution in [3.8, 4) is 0 Å². The molecular weight excluding hydrogens is 262 g/mol. The molecule has 0 fully saturated rings. The van der Waals surface area contributed by atoms with E-state index in [1.165, 1.54) is 0 Å². The van der Waals surface area contributed by atoms with Crippen molar-refractivity contribution in [2.45, 2.75) is 6.61 Å². The molecule has 20 heavy (non-hydrogen) atoms. The Bertz CT molecular complexity index is 428. The van der Waals surface area contributed by atoms with Gasteiger partial charge in [0.2, 0.25) is 5.91 Å². The van der Waals surface area contributed by atoms with Gasteiger partial charge in [-0.25, -0.2) is 9.97 Å². The van der Waals surface area contributed by atoms with Crippen LogP contribution in [0.2, 0.25) is 0 Å². The molecule has 0 unspecified atom stereocenters. The molecule has 0 aliphatic carbocycles. The van der Waals surface area contributed by atoms with Crippen LogP contribution in [0.4, 0.5) is 11.6 Å². The lowest BCUT2D eigenvalue weighted by Crippen LogP contribution is -2.32. The van der Waals surface area contributed by atoms with Gasteiger partial charge in [-0.05, 0) is 0 Å². The zero-order chi connectivity index (χ0) is 14.8. The van der Waals surface area contributed by atoms with E-state index in [9.17, 15) is 4.79 Å². The van der Waals surface area contributed by atoms with E-state index in [0.717, 1.165) is 0 Å². The van der Waals surface area contributed by atoms with Gasteiger partial charge in [0.25, 0.3) is 0 Å². The molecule has 0 saturated heterocycles. The van der Waals surface area contributed by atoms with Crippen molar-refractivity contribution < 1.29 is 14.3 Å². The number of hydrogen-bond acceptors (Lipinski definition) is 7. The van der Waals surface area contributed by atoms with Crippen molar-refractivity contribution in [1.29, 1.82) is 0 Å². The summed E-state index contributed by atoms with van der Waals surface area (Å²) in [5.41, 5.74) is 0. The van der Waals surface area contributed by atoms with Crippen molar-refractivity contribution in [2.75, 3.05) is 51.6 Å². The van der Waals surface area contributed by atoms with Gasteiger partial charge in [0.1, 0.15) is 18.2 Å². The predicted molar refractivity (Wildman–Crippen MR) is 75.7 cm³/mol. The topological polar surface area (TPSA) is 97.4 Å². The molecule has 3 N–H and O–H groups in total. The Morgan fingerprint density at radius 1 is 1.25 bits per heavy atom. The van der Waals surface area contributed by atoms with Crippen LogP contribution in [-0.4, -0.2) is 56.8 Å². The van der Waals surface area contributed by atoms with Crippen LogP contribution in [0.15, 0.2) is 6.07 Å². The lowest BCUT2D eigenvalue weighted by molar-refractivity contribution is -0.119. The van der Waals surface area contributed by atoms with Crippen LogP contribution in [0.5, 0.6) is 0 Å². The summed E-state index contributed by atoms with van der Waals surface area (Å²) in [6.07, 6.45) is 0. The third-order valence-corrected chi connectivity index (χ3v) is 2.36. The van der Waals surface area contributed by atoms with E-state index < -0.39 is 0 Å². The van der Waals surface area contributed by atoms with Gasteiger partial charge in [-0.3, -0.25) is 4.79 Å². The largest absolute Gasteiger partial charge is 0.383 e. The maximum atomic E-state index is 11.5. The molecule has 112 valence electrons. The summed E-state index contributed by atoms with van der Waals surface area (Å²) in [4.78, 5) is 20.0. The van der Waals surface area contributed by atoms with Gasteiger partial charge in [-0.15, -0.1) is 0 Å². The number of anilines is 2. The number of amides is 1. The average molecular weight is 283 g/mol. The molecule has 1 heterocycles. The summed E-state index contributed by atoms with van der Waals surface area (Å²) in [6.45, 7) is 1.42. The van der Waals surface area contributed by atoms with E-state index in [1.54, 1.807) is 27.3 Å². The highest BCUT2D eigenvalue weighted by Gasteiger charge is 2.05. The lowest BCUT2D eigenvalue weighted by Gasteiger charge is -2.09. The number of carbonyl (C=O) groups is 1. The smallest absolute Gasteiger partial charge is 0.239 e. The van der Waals surface area contributed by atoms with Crippen molar-refractivity contribution in [3.05, 3.63) is 11.9 Å². The Morgan fingerprint density at radius 2 is 2.00 bits per heavy atom. The second kappa shape index (κ2) is 9.05. The first-order chi connectivity index (χ1) is 9.69. The minimum Gasteiger partial charge on any atom is -0.383 e. The van der Waals surface area contributed by atoms with Gasteiger partial charge < -0.3 is 25.4 Å². The zero-order valence-corrected chi connectivity index (χ0v) is 12.0. The molecule has 0 aromatic carbocycles. The normalized spacial score (nSPS) is 10.2. The molecule has 0 atom stereocenters. The maximum absolute atomic E-state index is 11.5. The number of ether oxygens (including phenoxy) is 2. The molecule has 1 aromatic rings. The molecule has 8 nitrogen and oxygen atoms in total. The van der Waals surface area contributed by atoms with Crippen LogP contribution in [0.1, 0.15) is 5.82 Å². The van der Waals surface area contributed by atoms with Crippen LogP contribution < -0.4 is 16.0 Å². The second-order valence-corrected chi connectivity index (χ2v) is 3.93. The van der Waals surface area contributed by atoms with Gasteiger partial charge >= 0.3 is 0 Å². The second-order valence-electron chi connectivity index (χ2n) is 3.93. The van der Waals surface area contributed by atoms with Crippen molar-refractivity contribution in [1.82, 2.24) is 15.3 Å². The zero-order valence-electron chi connectivity index (χ0n) is 12.0. The van der Waals surface area contributed by atoms with Gasteiger partial charge in [-0.2, -0.15) is 0 Å². The summed E-state index contributed by atoms with van der Waals surface area (Å²) in [5, 5.41) is 8.59. The molecule has 0 saturated carbocycles. The number of methoxy groups -OCH3 is 2. The summed E-state index contributed by atoms with van der Waals surface area (Å²) in [6, 6.07) is 1.72. The van der Waals surface area contributed by atoms with Gasteiger partial charge in [-0.1, -0.05) is 0 Å². The Balaban J connectivity index is 2.53. The van der Waals surface area contributed by atoms with Crippen LogP contribution in [0.25, 0.3) is 0 Å². The van der Waals surface area contributed by atoms with Crippen LogP contribution >= 0.6 is 0 Å². The van der Waals surface area contributed by atoms with Crippen molar-refractivity contribution >= 4 is 17.5 Å². The molecule has 1 aromatic heterocycles. The van der Waals surface area contributed by atoms with Crippen LogP contribution in [0, 0.1) is 0 Å². The van der Waals surface area contributed by atoms with E-state index in [4.69, 9.17) is 9.47 Å². The van der Waals surface area contributed by atoms with Gasteiger partial charge in [0, 0.05) is 33.9 Å². The van der Waals surface area contributed by atoms with E-state index in [0.29, 0.717) is 37.2 Å². The summed E-state index contributed by atoms with van der Waals surface area (Å²) < 4.78 is 9.85. The molecule has 0 spiro atoms. The summed E-state index contributed by atoms with van der Waals surface area (Å²) >= 11 is 0. The summed E-state index contributed by atoms with van der Waals surface area (Å²) in [7, 11) is 4.92. The Hall–Kier alpha value is -1.93. The Morgan fingerprint density at radius 3 is 2.65 bits per heavy atom. The highest BCUT2D eigenvalue weighted by Crippen LogP contribution is 2.11. The average Bonchev–Trinajstić information content (AvgIpc) is 2.45. The van der Waals surface area contributed by atoms with E-state index >= 15 is 0 Å². The third kappa shape index (κ3) is 5.81. The number of nitrogens with one attached hydrogen (secondary N) is 3. The number of carbonyl (C=O) groups excluding carboxylic acids is 1. The SMILES string of the molecule is CNc1cc(NCC(=O)NCCOC)nc(COC)n1. The van der Waals surface area contributed by atoms with Gasteiger partial charge in [0.15, 0.2) is 5.82 Å². The standard InChI is InChI=1S/C12H21N5O3/c1-13-9-6-10(17-11(16-9)8-20-3)15-7-12(18)14-4-5-19-2/h6H,4-5,7-8H2,1-3H3,(H,14,18)(H2,13,15,16,17). The minimum absolute atomic E-state index is 0.125. The fourth-order valence-electron chi connectivity index (χ4n) is 1.44. The number of rotatable bonds is 9. The lowest BCUT2D eigenvalue weighted by atomic mass is 10.4. The molecule has 1 amide bonds. The fraction of sp³-hybridized carbons (Fsp3) is 0.583. The number of hydrogen-bond donors (Lipinski definition) is 3. The molecule has 0 bridgehead atoms. The number of aromatic nitrogens is 2. The minimum atomic E-state index is -0.125. The molecule has 1 rings (SSSR count). The van der Waals surface area contributed by atoms with Crippen LogP contribution in [0.3, 0.4) is 0 Å². The first-order valence-electron chi connectivity index (χ1n) is 6.23. The van der Waals surface area contributed by atoms with E-state index in [-0.39, 0.29) is 12.5 Å². The fourth-order valence-corrected chi connectivity index (χ4v) is 1.44.